The molecule has 4 heteroatoms. The summed E-state index contributed by atoms with van der Waals surface area (Å²) in [6, 6.07) is 0. The Morgan fingerprint density at radius 2 is 1.69 bits per heavy atom. The lowest BCUT2D eigenvalue weighted by Crippen LogP contribution is -2.46. The SMILES string of the molecule is CC(=O)O[C@H]1CC[C@@]2(C)C(=C[C@H]3[C@@H]4CC[C@H](OC(C)=O)[C@@]4(C)CC[C@@H]32)C1. The van der Waals surface area contributed by atoms with Crippen molar-refractivity contribution >= 4 is 11.9 Å². The van der Waals surface area contributed by atoms with Gasteiger partial charge in [-0.1, -0.05) is 25.5 Å². The van der Waals surface area contributed by atoms with Crippen molar-refractivity contribution in [2.24, 2.45) is 28.6 Å². The first-order valence-corrected chi connectivity index (χ1v) is 10.3. The molecular weight excluding hydrogens is 328 g/mol. The van der Waals surface area contributed by atoms with Crippen molar-refractivity contribution in [2.75, 3.05) is 0 Å². The largest absolute Gasteiger partial charge is 0.462 e. The highest BCUT2D eigenvalue weighted by molar-refractivity contribution is 5.66. The Morgan fingerprint density at radius 3 is 2.38 bits per heavy atom. The van der Waals surface area contributed by atoms with Crippen LogP contribution in [0.5, 0.6) is 0 Å². The summed E-state index contributed by atoms with van der Waals surface area (Å²) in [5, 5.41) is 0. The van der Waals surface area contributed by atoms with Crippen LogP contribution in [0.4, 0.5) is 0 Å². The summed E-state index contributed by atoms with van der Waals surface area (Å²) in [7, 11) is 0. The van der Waals surface area contributed by atoms with Gasteiger partial charge < -0.3 is 9.47 Å². The lowest BCUT2D eigenvalue weighted by Gasteiger charge is -2.50. The number of hydrogen-bond acceptors (Lipinski definition) is 4. The maximum atomic E-state index is 11.5. The molecule has 26 heavy (non-hydrogen) atoms. The van der Waals surface area contributed by atoms with E-state index in [-0.39, 0.29) is 35.0 Å². The Hall–Kier alpha value is -1.32. The predicted molar refractivity (Wildman–Crippen MR) is 98.2 cm³/mol. The quantitative estimate of drug-likeness (QED) is 0.540. The summed E-state index contributed by atoms with van der Waals surface area (Å²) >= 11 is 0. The van der Waals surface area contributed by atoms with Crippen LogP contribution in [0.3, 0.4) is 0 Å². The number of carbonyl (C=O) groups is 2. The molecule has 0 unspecified atom stereocenters. The van der Waals surface area contributed by atoms with Crippen LogP contribution in [0.25, 0.3) is 0 Å². The van der Waals surface area contributed by atoms with Crippen molar-refractivity contribution in [3.05, 3.63) is 11.6 Å². The lowest BCUT2D eigenvalue weighted by atomic mass is 9.55. The van der Waals surface area contributed by atoms with Gasteiger partial charge in [0.2, 0.25) is 0 Å². The van der Waals surface area contributed by atoms with Gasteiger partial charge in [-0.05, 0) is 61.7 Å². The van der Waals surface area contributed by atoms with E-state index < -0.39 is 0 Å². The third-order valence-corrected chi connectivity index (χ3v) is 8.27. The van der Waals surface area contributed by atoms with Crippen molar-refractivity contribution < 1.29 is 19.1 Å². The summed E-state index contributed by atoms with van der Waals surface area (Å²) in [6.45, 7) is 7.83. The minimum Gasteiger partial charge on any atom is -0.462 e. The molecule has 4 aliphatic rings. The summed E-state index contributed by atoms with van der Waals surface area (Å²) in [6.07, 6.45) is 10.2. The number of carbonyl (C=O) groups excluding carboxylic acids is 2. The van der Waals surface area contributed by atoms with E-state index in [2.05, 4.69) is 19.9 Å². The van der Waals surface area contributed by atoms with Crippen LogP contribution >= 0.6 is 0 Å². The number of ether oxygens (including phenoxy) is 2. The van der Waals surface area contributed by atoms with Gasteiger partial charge in [0.1, 0.15) is 12.2 Å². The van der Waals surface area contributed by atoms with E-state index in [4.69, 9.17) is 9.47 Å². The maximum absolute atomic E-state index is 11.5. The molecule has 0 N–H and O–H groups in total. The summed E-state index contributed by atoms with van der Waals surface area (Å²) in [5.74, 6) is 1.58. The minimum atomic E-state index is -0.165. The topological polar surface area (TPSA) is 52.6 Å². The second kappa shape index (κ2) is 6.10. The highest BCUT2D eigenvalue weighted by Gasteiger charge is 2.60. The van der Waals surface area contributed by atoms with Crippen molar-refractivity contribution in [3.63, 3.8) is 0 Å². The lowest BCUT2D eigenvalue weighted by molar-refractivity contribution is -0.155. The van der Waals surface area contributed by atoms with E-state index >= 15 is 0 Å². The monoisotopic (exact) mass is 360 g/mol. The molecule has 0 aromatic rings. The molecule has 3 fully saturated rings. The normalized spacial score (nSPS) is 46.6. The fraction of sp³-hybridized carbons (Fsp3) is 0.818. The molecule has 4 rings (SSSR count). The number of rotatable bonds is 2. The van der Waals surface area contributed by atoms with Gasteiger partial charge in [-0.2, -0.15) is 0 Å². The molecule has 4 aliphatic carbocycles. The second-order valence-corrected chi connectivity index (χ2v) is 9.59. The predicted octanol–water partition coefficient (Wildman–Crippen LogP) is 4.42. The molecule has 0 bridgehead atoms. The van der Waals surface area contributed by atoms with E-state index in [1.54, 1.807) is 0 Å². The Morgan fingerprint density at radius 1 is 0.962 bits per heavy atom. The van der Waals surface area contributed by atoms with Crippen LogP contribution in [0.15, 0.2) is 11.6 Å². The zero-order valence-corrected chi connectivity index (χ0v) is 16.5. The van der Waals surface area contributed by atoms with Gasteiger partial charge in [0.15, 0.2) is 0 Å². The van der Waals surface area contributed by atoms with Gasteiger partial charge in [0, 0.05) is 25.7 Å². The maximum Gasteiger partial charge on any atom is 0.302 e. The van der Waals surface area contributed by atoms with Gasteiger partial charge >= 0.3 is 11.9 Å². The third kappa shape index (κ3) is 2.63. The molecule has 3 saturated carbocycles. The smallest absolute Gasteiger partial charge is 0.302 e. The number of fused-ring (bicyclic) bond motifs is 5. The molecule has 0 radical (unpaired) electrons. The van der Waals surface area contributed by atoms with E-state index in [1.807, 2.05) is 0 Å². The average Bonchev–Trinajstić information content (AvgIpc) is 3.01. The summed E-state index contributed by atoms with van der Waals surface area (Å²) < 4.78 is 11.2. The molecule has 0 amide bonds. The zero-order chi connectivity index (χ0) is 18.7. The van der Waals surface area contributed by atoms with Crippen LogP contribution in [0.2, 0.25) is 0 Å². The Bertz CT molecular complexity index is 653. The minimum absolute atomic E-state index is 0.0516. The van der Waals surface area contributed by atoms with Crippen LogP contribution in [-0.4, -0.2) is 24.1 Å². The summed E-state index contributed by atoms with van der Waals surface area (Å²) in [5.41, 5.74) is 1.90. The highest BCUT2D eigenvalue weighted by atomic mass is 16.5. The fourth-order valence-corrected chi connectivity index (χ4v) is 6.97. The van der Waals surface area contributed by atoms with E-state index in [9.17, 15) is 9.59 Å². The molecule has 4 nitrogen and oxygen atoms in total. The Labute approximate surface area is 156 Å². The standard InChI is InChI=1S/C22H32O4/c1-13(23)25-16-7-9-21(3)15(11-16)12-17-18-5-6-20(26-14(2)24)22(18,4)10-8-19(17)21/h12,16-20H,5-11H2,1-4H3/t16-,17-,18-,19-,20-,21-,22-/m0/s1. The zero-order valence-electron chi connectivity index (χ0n) is 16.5. The Balaban J connectivity index is 1.57. The third-order valence-electron chi connectivity index (χ3n) is 8.27. The van der Waals surface area contributed by atoms with Crippen molar-refractivity contribution in [1.29, 1.82) is 0 Å². The highest BCUT2D eigenvalue weighted by Crippen LogP contribution is 2.66. The summed E-state index contributed by atoms with van der Waals surface area (Å²) in [4.78, 5) is 22.9. The molecule has 0 aromatic carbocycles. The van der Waals surface area contributed by atoms with Crippen molar-refractivity contribution in [2.45, 2.75) is 84.8 Å². The molecule has 144 valence electrons. The molecule has 0 spiro atoms. The van der Waals surface area contributed by atoms with Crippen LogP contribution < -0.4 is 0 Å². The molecular formula is C22H32O4. The fourth-order valence-electron chi connectivity index (χ4n) is 6.97. The molecule has 0 saturated heterocycles. The molecule has 0 heterocycles. The van der Waals surface area contributed by atoms with Crippen LogP contribution in [0, 0.1) is 28.6 Å². The van der Waals surface area contributed by atoms with Gasteiger partial charge in [0.25, 0.3) is 0 Å². The molecule has 0 aromatic heterocycles. The first-order chi connectivity index (χ1) is 12.2. The average molecular weight is 360 g/mol. The van der Waals surface area contributed by atoms with E-state index in [1.165, 1.54) is 25.8 Å². The number of hydrogen-bond donors (Lipinski definition) is 0. The first-order valence-electron chi connectivity index (χ1n) is 10.3. The van der Waals surface area contributed by atoms with Crippen molar-refractivity contribution in [3.8, 4) is 0 Å². The van der Waals surface area contributed by atoms with E-state index in [0.717, 1.165) is 38.5 Å². The molecule has 7 atom stereocenters. The van der Waals surface area contributed by atoms with Crippen LogP contribution in [0.1, 0.15) is 72.6 Å². The number of esters is 2. The number of allylic oxidation sites excluding steroid dienone is 1. The van der Waals surface area contributed by atoms with Gasteiger partial charge in [-0.25, -0.2) is 0 Å². The molecule has 0 aliphatic heterocycles. The Kier molecular flexibility index (Phi) is 4.24. The van der Waals surface area contributed by atoms with E-state index in [0.29, 0.717) is 17.8 Å². The van der Waals surface area contributed by atoms with Gasteiger partial charge in [-0.3, -0.25) is 9.59 Å². The van der Waals surface area contributed by atoms with Gasteiger partial charge in [0.05, 0.1) is 0 Å². The second-order valence-electron chi connectivity index (χ2n) is 9.59. The van der Waals surface area contributed by atoms with Crippen LogP contribution in [-0.2, 0) is 19.1 Å². The van der Waals surface area contributed by atoms with Gasteiger partial charge in [-0.15, -0.1) is 0 Å². The van der Waals surface area contributed by atoms with Crippen molar-refractivity contribution in [1.82, 2.24) is 0 Å². The first kappa shape index (κ1) is 18.1.